The molecule has 0 aliphatic heterocycles. The minimum absolute atomic E-state index is 0.720. The lowest BCUT2D eigenvalue weighted by molar-refractivity contribution is 0.661. The number of fused-ring (bicyclic) bond motifs is 1. The molecule has 0 unspecified atom stereocenters. The standard InChI is InChI=1S/C17H26N4/c1-3-10-20(11-4-2)17-15(13-18-14-8-9-14)21-12-6-5-7-16(21)19-17/h5-7,12,14,18H,3-4,8-11,13H2,1-2H3. The highest BCUT2D eigenvalue weighted by atomic mass is 15.2. The maximum absolute atomic E-state index is 4.90. The largest absolute Gasteiger partial charge is 0.355 e. The van der Waals surface area contributed by atoms with Crippen molar-refractivity contribution in [3.05, 3.63) is 30.1 Å². The van der Waals surface area contributed by atoms with Gasteiger partial charge in [0.2, 0.25) is 0 Å². The highest BCUT2D eigenvalue weighted by Crippen LogP contribution is 2.25. The van der Waals surface area contributed by atoms with Crippen LogP contribution in [0.15, 0.2) is 24.4 Å². The van der Waals surface area contributed by atoms with Crippen LogP contribution >= 0.6 is 0 Å². The molecule has 4 nitrogen and oxygen atoms in total. The number of nitrogens with zero attached hydrogens (tertiary/aromatic N) is 3. The molecule has 0 bridgehead atoms. The van der Waals surface area contributed by atoms with Gasteiger partial charge in [-0.1, -0.05) is 19.9 Å². The minimum atomic E-state index is 0.720. The van der Waals surface area contributed by atoms with Crippen LogP contribution in [0.25, 0.3) is 5.65 Å². The van der Waals surface area contributed by atoms with Gasteiger partial charge in [0.15, 0.2) is 5.82 Å². The number of anilines is 1. The van der Waals surface area contributed by atoms with Gasteiger partial charge in [-0.3, -0.25) is 0 Å². The molecule has 0 saturated heterocycles. The minimum Gasteiger partial charge on any atom is -0.355 e. The van der Waals surface area contributed by atoms with Gasteiger partial charge < -0.3 is 14.6 Å². The summed E-state index contributed by atoms with van der Waals surface area (Å²) in [6.07, 6.45) is 7.08. The third kappa shape index (κ3) is 3.21. The second-order valence-electron chi connectivity index (χ2n) is 5.95. The summed E-state index contributed by atoms with van der Waals surface area (Å²) in [6.45, 7) is 7.54. The molecule has 1 fully saturated rings. The zero-order valence-electron chi connectivity index (χ0n) is 13.2. The van der Waals surface area contributed by atoms with Crippen LogP contribution in [0.3, 0.4) is 0 Å². The summed E-state index contributed by atoms with van der Waals surface area (Å²) in [6, 6.07) is 6.97. The SMILES string of the molecule is CCCN(CCC)c1nc2ccccn2c1CNC1CC1. The lowest BCUT2D eigenvalue weighted by atomic mass is 10.3. The van der Waals surface area contributed by atoms with Crippen molar-refractivity contribution in [3.63, 3.8) is 0 Å². The summed E-state index contributed by atoms with van der Waals surface area (Å²) in [5, 5.41) is 3.64. The summed E-state index contributed by atoms with van der Waals surface area (Å²) in [4.78, 5) is 7.34. The van der Waals surface area contributed by atoms with Crippen LogP contribution in [0.1, 0.15) is 45.2 Å². The Morgan fingerprint density at radius 2 is 2.00 bits per heavy atom. The van der Waals surface area contributed by atoms with Crippen molar-refractivity contribution in [2.45, 2.75) is 52.1 Å². The summed E-state index contributed by atoms with van der Waals surface area (Å²) in [5.74, 6) is 1.16. The Bertz CT molecular complexity index is 579. The smallest absolute Gasteiger partial charge is 0.152 e. The molecule has 2 heterocycles. The third-order valence-corrected chi connectivity index (χ3v) is 4.03. The van der Waals surface area contributed by atoms with Crippen molar-refractivity contribution in [3.8, 4) is 0 Å². The number of pyridine rings is 1. The Balaban J connectivity index is 1.94. The molecule has 0 atom stereocenters. The van der Waals surface area contributed by atoms with E-state index in [1.807, 2.05) is 0 Å². The van der Waals surface area contributed by atoms with E-state index in [1.165, 1.54) is 18.5 Å². The monoisotopic (exact) mass is 286 g/mol. The number of imidazole rings is 1. The lowest BCUT2D eigenvalue weighted by Crippen LogP contribution is -2.27. The predicted octanol–water partition coefficient (Wildman–Crippen LogP) is 3.21. The Morgan fingerprint density at radius 3 is 2.67 bits per heavy atom. The summed E-state index contributed by atoms with van der Waals surface area (Å²) < 4.78 is 2.24. The fourth-order valence-corrected chi connectivity index (χ4v) is 2.84. The van der Waals surface area contributed by atoms with E-state index in [9.17, 15) is 0 Å². The number of aromatic nitrogens is 2. The van der Waals surface area contributed by atoms with Crippen LogP contribution in [-0.4, -0.2) is 28.5 Å². The van der Waals surface area contributed by atoms with E-state index in [2.05, 4.69) is 52.9 Å². The maximum atomic E-state index is 4.90. The van der Waals surface area contributed by atoms with Gasteiger partial charge in [0.1, 0.15) is 5.65 Å². The fraction of sp³-hybridized carbons (Fsp3) is 0.588. The number of rotatable bonds is 8. The summed E-state index contributed by atoms with van der Waals surface area (Å²) in [7, 11) is 0. The number of hydrogen-bond acceptors (Lipinski definition) is 3. The zero-order chi connectivity index (χ0) is 14.7. The highest BCUT2D eigenvalue weighted by molar-refractivity contribution is 5.56. The molecule has 4 heteroatoms. The first-order valence-corrected chi connectivity index (χ1v) is 8.27. The van der Waals surface area contributed by atoms with Gasteiger partial charge in [-0.05, 0) is 37.8 Å². The van der Waals surface area contributed by atoms with Gasteiger partial charge in [0.05, 0.1) is 5.69 Å². The topological polar surface area (TPSA) is 32.6 Å². The Labute approximate surface area is 127 Å². The van der Waals surface area contributed by atoms with Gasteiger partial charge in [0, 0.05) is 31.9 Å². The van der Waals surface area contributed by atoms with E-state index in [4.69, 9.17) is 4.98 Å². The predicted molar refractivity (Wildman–Crippen MR) is 87.8 cm³/mol. The Hall–Kier alpha value is -1.55. The molecule has 114 valence electrons. The van der Waals surface area contributed by atoms with Gasteiger partial charge in [-0.15, -0.1) is 0 Å². The zero-order valence-corrected chi connectivity index (χ0v) is 13.2. The Kier molecular flexibility index (Phi) is 4.44. The molecule has 21 heavy (non-hydrogen) atoms. The molecular formula is C17H26N4. The van der Waals surface area contributed by atoms with E-state index in [0.717, 1.165) is 50.0 Å². The van der Waals surface area contributed by atoms with Crippen LogP contribution in [0.5, 0.6) is 0 Å². The molecule has 1 aliphatic carbocycles. The summed E-state index contributed by atoms with van der Waals surface area (Å²) >= 11 is 0. The van der Waals surface area contributed by atoms with Gasteiger partial charge in [0.25, 0.3) is 0 Å². The summed E-state index contributed by atoms with van der Waals surface area (Å²) in [5.41, 5.74) is 2.36. The van der Waals surface area contributed by atoms with E-state index in [0.29, 0.717) is 0 Å². The van der Waals surface area contributed by atoms with Crippen molar-refractivity contribution in [2.24, 2.45) is 0 Å². The van der Waals surface area contributed by atoms with E-state index in [1.54, 1.807) is 0 Å². The van der Waals surface area contributed by atoms with Crippen molar-refractivity contribution >= 4 is 11.5 Å². The molecule has 1 N–H and O–H groups in total. The van der Waals surface area contributed by atoms with E-state index >= 15 is 0 Å². The van der Waals surface area contributed by atoms with Crippen LogP contribution in [0.2, 0.25) is 0 Å². The van der Waals surface area contributed by atoms with Crippen LogP contribution < -0.4 is 10.2 Å². The first kappa shape index (κ1) is 14.4. The molecule has 2 aromatic heterocycles. The first-order valence-electron chi connectivity index (χ1n) is 8.27. The number of hydrogen-bond donors (Lipinski definition) is 1. The number of nitrogens with one attached hydrogen (secondary N) is 1. The second-order valence-corrected chi connectivity index (χ2v) is 5.95. The average Bonchev–Trinajstić information content (AvgIpc) is 3.25. The fourth-order valence-electron chi connectivity index (χ4n) is 2.84. The van der Waals surface area contributed by atoms with Crippen molar-refractivity contribution in [2.75, 3.05) is 18.0 Å². The third-order valence-electron chi connectivity index (χ3n) is 4.03. The van der Waals surface area contributed by atoms with Gasteiger partial charge in [-0.2, -0.15) is 0 Å². The van der Waals surface area contributed by atoms with Crippen molar-refractivity contribution in [1.82, 2.24) is 14.7 Å². The van der Waals surface area contributed by atoms with Gasteiger partial charge in [-0.25, -0.2) is 4.98 Å². The highest BCUT2D eigenvalue weighted by Gasteiger charge is 2.23. The average molecular weight is 286 g/mol. The Morgan fingerprint density at radius 1 is 1.24 bits per heavy atom. The molecule has 0 spiro atoms. The van der Waals surface area contributed by atoms with Gasteiger partial charge >= 0.3 is 0 Å². The van der Waals surface area contributed by atoms with Crippen molar-refractivity contribution < 1.29 is 0 Å². The van der Waals surface area contributed by atoms with Crippen LogP contribution in [0.4, 0.5) is 5.82 Å². The first-order chi connectivity index (χ1) is 10.3. The van der Waals surface area contributed by atoms with E-state index < -0.39 is 0 Å². The van der Waals surface area contributed by atoms with E-state index in [-0.39, 0.29) is 0 Å². The molecule has 0 radical (unpaired) electrons. The molecule has 3 rings (SSSR count). The van der Waals surface area contributed by atoms with Crippen LogP contribution in [-0.2, 0) is 6.54 Å². The second kappa shape index (κ2) is 6.48. The molecule has 2 aromatic rings. The quantitative estimate of drug-likeness (QED) is 0.809. The van der Waals surface area contributed by atoms with Crippen LogP contribution in [0, 0.1) is 0 Å². The molecule has 1 saturated carbocycles. The van der Waals surface area contributed by atoms with Crippen molar-refractivity contribution in [1.29, 1.82) is 0 Å². The molecule has 0 amide bonds. The normalized spacial score (nSPS) is 14.8. The molecule has 0 aromatic carbocycles. The lowest BCUT2D eigenvalue weighted by Gasteiger charge is -2.22. The molecule has 1 aliphatic rings. The maximum Gasteiger partial charge on any atom is 0.152 e. The molecular weight excluding hydrogens is 260 g/mol.